The number of hydrogen-bond donors (Lipinski definition) is 0. The van der Waals surface area contributed by atoms with Gasteiger partial charge in [0.25, 0.3) is 0 Å². The van der Waals surface area contributed by atoms with Crippen molar-refractivity contribution in [3.8, 4) is 5.75 Å². The maximum Gasteiger partial charge on any atom is 0.163 e. The normalized spacial score (nSPS) is 22.4. The molecule has 0 spiro atoms. The van der Waals surface area contributed by atoms with Gasteiger partial charge in [-0.2, -0.15) is 0 Å². The Kier molecular flexibility index (Phi) is 6.86. The molecule has 1 aliphatic carbocycles. The molecule has 0 N–H and O–H groups in total. The summed E-state index contributed by atoms with van der Waals surface area (Å²) in [6.07, 6.45) is 11.5. The molecule has 3 aromatic rings. The van der Waals surface area contributed by atoms with Crippen LogP contribution in [0.15, 0.2) is 48.8 Å². The Morgan fingerprint density at radius 1 is 0.917 bits per heavy atom. The summed E-state index contributed by atoms with van der Waals surface area (Å²) < 4.78 is 5.73. The highest BCUT2D eigenvalue weighted by Gasteiger charge is 2.27. The first kappa shape index (κ1) is 23.4. The van der Waals surface area contributed by atoms with Gasteiger partial charge in [0.1, 0.15) is 11.6 Å². The quantitative estimate of drug-likeness (QED) is 0.432. The number of carbonyl (C=O) groups excluding carboxylic acids is 1. The van der Waals surface area contributed by atoms with Crippen molar-refractivity contribution < 1.29 is 9.53 Å². The Balaban J connectivity index is 0.942. The lowest BCUT2D eigenvalue weighted by molar-refractivity contribution is 0.0941. The van der Waals surface area contributed by atoms with E-state index in [9.17, 15) is 4.79 Å². The number of Topliss-reactive ketones (excluding diaryl/α,β-unsaturated/α-hetero) is 1. The fourth-order valence-electron chi connectivity index (χ4n) is 6.35. The zero-order valence-corrected chi connectivity index (χ0v) is 21.1. The smallest absolute Gasteiger partial charge is 0.163 e. The molecule has 4 heterocycles. The van der Waals surface area contributed by atoms with Crippen molar-refractivity contribution in [2.45, 2.75) is 44.9 Å². The third-order valence-corrected chi connectivity index (χ3v) is 8.51. The minimum Gasteiger partial charge on any atom is -0.493 e. The Labute approximate surface area is 213 Å². The van der Waals surface area contributed by atoms with Crippen LogP contribution >= 0.6 is 0 Å². The lowest BCUT2D eigenvalue weighted by Gasteiger charge is -2.37. The van der Waals surface area contributed by atoms with Crippen molar-refractivity contribution in [2.75, 3.05) is 44.2 Å². The van der Waals surface area contributed by atoms with E-state index < -0.39 is 0 Å². The van der Waals surface area contributed by atoms with Gasteiger partial charge in [0.2, 0.25) is 0 Å². The molecule has 1 saturated carbocycles. The molecular weight excluding hydrogens is 448 g/mol. The first-order chi connectivity index (χ1) is 17.7. The van der Waals surface area contributed by atoms with Gasteiger partial charge in [-0.1, -0.05) is 31.0 Å². The van der Waals surface area contributed by atoms with Gasteiger partial charge >= 0.3 is 0 Å². The second-order valence-electron chi connectivity index (χ2n) is 10.7. The summed E-state index contributed by atoms with van der Waals surface area (Å²) in [7, 11) is 0. The molecule has 2 aromatic heterocycles. The predicted molar refractivity (Wildman–Crippen MR) is 143 cm³/mol. The van der Waals surface area contributed by atoms with E-state index in [0.717, 1.165) is 73.2 Å². The molecule has 0 bridgehead atoms. The lowest BCUT2D eigenvalue weighted by atomic mass is 9.78. The van der Waals surface area contributed by atoms with Crippen molar-refractivity contribution in [1.82, 2.24) is 14.9 Å². The predicted octanol–water partition coefficient (Wildman–Crippen LogP) is 5.16. The molecule has 0 atom stereocenters. The number of ketones is 1. The average molecular weight is 485 g/mol. The molecule has 6 rings (SSSR count). The number of anilines is 1. The highest BCUT2D eigenvalue weighted by atomic mass is 16.5. The molecule has 0 unspecified atom stereocenters. The summed E-state index contributed by atoms with van der Waals surface area (Å²) in [5, 5.41) is 0.986. The maximum atomic E-state index is 13.1. The molecule has 36 heavy (non-hydrogen) atoms. The maximum absolute atomic E-state index is 13.1. The fourth-order valence-corrected chi connectivity index (χ4v) is 6.35. The molecule has 188 valence electrons. The fraction of sp³-hybridized carbons (Fsp3) is 0.500. The number of piperazine rings is 1. The van der Waals surface area contributed by atoms with Crippen LogP contribution in [0, 0.1) is 11.8 Å². The van der Waals surface area contributed by atoms with E-state index in [2.05, 4.69) is 19.8 Å². The zero-order valence-electron chi connectivity index (χ0n) is 21.1. The highest BCUT2D eigenvalue weighted by molar-refractivity contribution is 6.07. The van der Waals surface area contributed by atoms with Crippen LogP contribution in [0.3, 0.4) is 0 Å². The van der Waals surface area contributed by atoms with E-state index in [1.165, 1.54) is 44.2 Å². The molecule has 0 radical (unpaired) electrons. The number of aromatic nitrogens is 2. The Morgan fingerprint density at radius 3 is 2.56 bits per heavy atom. The molecule has 6 heteroatoms. The second kappa shape index (κ2) is 10.6. The second-order valence-corrected chi connectivity index (χ2v) is 10.7. The number of pyridine rings is 2. The van der Waals surface area contributed by atoms with Crippen LogP contribution in [0.1, 0.15) is 54.4 Å². The third kappa shape index (κ3) is 4.96. The topological polar surface area (TPSA) is 58.6 Å². The third-order valence-electron chi connectivity index (χ3n) is 8.51. The van der Waals surface area contributed by atoms with Crippen molar-refractivity contribution in [1.29, 1.82) is 0 Å². The minimum absolute atomic E-state index is 0.278. The number of hydrogen-bond acceptors (Lipinski definition) is 6. The summed E-state index contributed by atoms with van der Waals surface area (Å²) in [6, 6.07) is 11.9. The van der Waals surface area contributed by atoms with Gasteiger partial charge in [-0.25, -0.2) is 4.98 Å². The van der Waals surface area contributed by atoms with E-state index >= 15 is 0 Å². The summed E-state index contributed by atoms with van der Waals surface area (Å²) in [5.41, 5.74) is 3.04. The molecule has 1 aromatic carbocycles. The van der Waals surface area contributed by atoms with Crippen LogP contribution in [-0.2, 0) is 6.42 Å². The zero-order chi connectivity index (χ0) is 24.3. The summed E-state index contributed by atoms with van der Waals surface area (Å²) >= 11 is 0. The minimum atomic E-state index is 0.278. The standard InChI is InChI=1S/C30H36N4O2/c35-28(25-9-13-31-27-4-2-1-3-24(25)27)21-23-7-5-22(6-8-23)11-15-33-16-18-34(19-17-33)30-26-12-20-36-29(26)10-14-32-30/h1-4,9-10,13-14,22-23H,5-8,11-12,15-21H2. The number of benzene rings is 1. The van der Waals surface area contributed by atoms with Gasteiger partial charge in [0, 0.05) is 67.9 Å². The van der Waals surface area contributed by atoms with Gasteiger partial charge in [-0.3, -0.25) is 14.7 Å². The molecule has 1 saturated heterocycles. The first-order valence-electron chi connectivity index (χ1n) is 13.7. The Morgan fingerprint density at radius 2 is 1.69 bits per heavy atom. The van der Waals surface area contributed by atoms with Crippen LogP contribution in [-0.4, -0.2) is 60.0 Å². The molecule has 6 nitrogen and oxygen atoms in total. The molecule has 2 fully saturated rings. The van der Waals surface area contributed by atoms with Gasteiger partial charge < -0.3 is 9.64 Å². The number of carbonyl (C=O) groups is 1. The van der Waals surface area contributed by atoms with Crippen LogP contribution in [0.4, 0.5) is 5.82 Å². The average Bonchev–Trinajstić information content (AvgIpc) is 3.42. The van der Waals surface area contributed by atoms with Crippen molar-refractivity contribution in [2.24, 2.45) is 11.8 Å². The molecule has 3 aliphatic rings. The number of rotatable bonds is 7. The Bertz CT molecular complexity index is 1210. The van der Waals surface area contributed by atoms with Crippen molar-refractivity contribution in [3.05, 3.63) is 59.9 Å². The van der Waals surface area contributed by atoms with E-state index in [1.54, 1.807) is 6.20 Å². The first-order valence-corrected chi connectivity index (χ1v) is 13.7. The summed E-state index contributed by atoms with van der Waals surface area (Å²) in [5.74, 6) is 3.76. The number of ether oxygens (including phenoxy) is 1. The van der Waals surface area contributed by atoms with Crippen molar-refractivity contribution in [3.63, 3.8) is 0 Å². The summed E-state index contributed by atoms with van der Waals surface area (Å²) in [4.78, 5) is 27.2. The van der Waals surface area contributed by atoms with E-state index in [-0.39, 0.29) is 5.78 Å². The molecule has 0 amide bonds. The van der Waals surface area contributed by atoms with Crippen molar-refractivity contribution >= 4 is 22.5 Å². The SMILES string of the molecule is O=C(CC1CCC(CCN2CCN(c3nccc4c3CCO4)CC2)CC1)c1ccnc2ccccc12. The van der Waals surface area contributed by atoms with Gasteiger partial charge in [-0.05, 0) is 55.8 Å². The Hall–Kier alpha value is -2.99. The molecule has 2 aliphatic heterocycles. The van der Waals surface area contributed by atoms with Gasteiger partial charge in [0.15, 0.2) is 5.78 Å². The summed E-state index contributed by atoms with van der Waals surface area (Å²) in [6.45, 7) is 6.27. The molecular formula is C30H36N4O2. The largest absolute Gasteiger partial charge is 0.493 e. The van der Waals surface area contributed by atoms with E-state index in [0.29, 0.717) is 12.3 Å². The lowest BCUT2D eigenvalue weighted by Crippen LogP contribution is -2.47. The van der Waals surface area contributed by atoms with E-state index in [1.807, 2.05) is 42.6 Å². The number of nitrogens with zero attached hydrogens (tertiary/aromatic N) is 4. The van der Waals surface area contributed by atoms with Crippen LogP contribution in [0.2, 0.25) is 0 Å². The number of para-hydroxylation sites is 1. The van der Waals surface area contributed by atoms with Crippen LogP contribution in [0.5, 0.6) is 5.75 Å². The van der Waals surface area contributed by atoms with E-state index in [4.69, 9.17) is 4.74 Å². The monoisotopic (exact) mass is 484 g/mol. The van der Waals surface area contributed by atoms with Gasteiger partial charge in [0.05, 0.1) is 12.1 Å². The van der Waals surface area contributed by atoms with Gasteiger partial charge in [-0.15, -0.1) is 0 Å². The number of fused-ring (bicyclic) bond motifs is 2. The highest BCUT2D eigenvalue weighted by Crippen LogP contribution is 2.35. The van der Waals surface area contributed by atoms with Crippen LogP contribution in [0.25, 0.3) is 10.9 Å². The van der Waals surface area contributed by atoms with Crippen LogP contribution < -0.4 is 9.64 Å².